The van der Waals surface area contributed by atoms with E-state index >= 15 is 0 Å². The lowest BCUT2D eigenvalue weighted by Gasteiger charge is -2.28. The maximum absolute atomic E-state index is 13.9. The van der Waals surface area contributed by atoms with Crippen molar-refractivity contribution in [1.82, 2.24) is 0 Å². The lowest BCUT2D eigenvalue weighted by atomic mass is 9.83. The molecular weight excluding hydrogens is 487 g/mol. The Balaban J connectivity index is 1.32. The van der Waals surface area contributed by atoms with Gasteiger partial charge in [0.15, 0.2) is 6.17 Å². The largest absolute Gasteiger partial charge is 0.494 e. The van der Waals surface area contributed by atoms with Crippen LogP contribution < -0.4 is 4.74 Å². The van der Waals surface area contributed by atoms with Crippen molar-refractivity contribution in [2.24, 2.45) is 5.92 Å². The van der Waals surface area contributed by atoms with Gasteiger partial charge in [-0.1, -0.05) is 102 Å². The number of unbranched alkanes of at least 4 members (excludes halogenated alkanes) is 7. The first kappa shape index (κ1) is 31.2. The molecule has 3 rings (SSSR count). The fraction of sp³-hybridized carbons (Fsp3) is 0.629. The number of halogens is 1. The molecule has 1 saturated carbocycles. The molecular formula is C35H51FO3. The highest BCUT2D eigenvalue weighted by molar-refractivity contribution is 5.74. The first-order valence-corrected chi connectivity index (χ1v) is 15.8. The standard InChI is InChI=1S/C35H51FO3/c1-3-5-7-8-9-10-11-27-38-32-25-21-31(22-26-32)30-19-15-28(16-20-30)13-14-29-17-23-33(24-18-29)39-35(37)34(36)12-6-4-2/h15-16,19-22,25-26,29,33-34H,3-14,17-18,23-24,27H2,1-2H3/t29-,33-,34-/m0/s1. The average molecular weight is 539 g/mol. The molecule has 1 fully saturated rings. The molecule has 0 N–H and O–H groups in total. The molecule has 0 heterocycles. The van der Waals surface area contributed by atoms with Crippen LogP contribution in [-0.4, -0.2) is 24.9 Å². The second kappa shape index (κ2) is 18.1. The number of alkyl halides is 1. The van der Waals surface area contributed by atoms with Crippen molar-refractivity contribution in [3.05, 3.63) is 54.1 Å². The topological polar surface area (TPSA) is 35.5 Å². The van der Waals surface area contributed by atoms with Crippen LogP contribution in [0.4, 0.5) is 4.39 Å². The molecule has 216 valence electrons. The minimum absolute atomic E-state index is 0.106. The summed E-state index contributed by atoms with van der Waals surface area (Å²) < 4.78 is 25.3. The molecule has 0 aromatic heterocycles. The Morgan fingerprint density at radius 1 is 0.795 bits per heavy atom. The van der Waals surface area contributed by atoms with E-state index in [4.69, 9.17) is 9.47 Å². The number of esters is 1. The minimum atomic E-state index is -1.46. The lowest BCUT2D eigenvalue weighted by molar-refractivity contribution is -0.157. The maximum Gasteiger partial charge on any atom is 0.340 e. The summed E-state index contributed by atoms with van der Waals surface area (Å²) in [6, 6.07) is 17.4. The van der Waals surface area contributed by atoms with E-state index in [1.54, 1.807) is 0 Å². The Bertz CT molecular complexity index is 916. The van der Waals surface area contributed by atoms with E-state index in [2.05, 4.69) is 55.5 Å². The van der Waals surface area contributed by atoms with Crippen LogP contribution in [0.5, 0.6) is 5.75 Å². The molecule has 0 unspecified atom stereocenters. The molecule has 39 heavy (non-hydrogen) atoms. The number of carbonyl (C=O) groups is 1. The molecule has 3 nitrogen and oxygen atoms in total. The number of hydrogen-bond donors (Lipinski definition) is 0. The second-order valence-corrected chi connectivity index (χ2v) is 11.4. The molecule has 0 aliphatic heterocycles. The van der Waals surface area contributed by atoms with Crippen LogP contribution in [0.2, 0.25) is 0 Å². The smallest absolute Gasteiger partial charge is 0.340 e. The van der Waals surface area contributed by atoms with Crippen molar-refractivity contribution < 1.29 is 18.7 Å². The third kappa shape index (κ3) is 11.7. The van der Waals surface area contributed by atoms with Crippen LogP contribution in [-0.2, 0) is 16.0 Å². The highest BCUT2D eigenvalue weighted by Gasteiger charge is 2.27. The van der Waals surface area contributed by atoms with Gasteiger partial charge in [-0.3, -0.25) is 0 Å². The molecule has 1 atom stereocenters. The van der Waals surface area contributed by atoms with Gasteiger partial charge >= 0.3 is 5.97 Å². The van der Waals surface area contributed by atoms with Crippen molar-refractivity contribution in [2.75, 3.05) is 6.61 Å². The zero-order valence-electron chi connectivity index (χ0n) is 24.5. The predicted octanol–water partition coefficient (Wildman–Crippen LogP) is 10.0. The summed E-state index contributed by atoms with van der Waals surface area (Å²) in [6.07, 6.45) is 15.4. The summed E-state index contributed by atoms with van der Waals surface area (Å²) in [7, 11) is 0. The van der Waals surface area contributed by atoms with E-state index in [-0.39, 0.29) is 12.5 Å². The SMILES string of the molecule is CCCCCCCCCOc1ccc(-c2ccc(CC[C@H]3CC[C@H](OC(=O)[C@@H](F)CCCC)CC3)cc2)cc1. The van der Waals surface area contributed by atoms with Crippen LogP contribution in [0.15, 0.2) is 48.5 Å². The molecule has 0 bridgehead atoms. The zero-order valence-corrected chi connectivity index (χ0v) is 24.5. The van der Waals surface area contributed by atoms with Crippen LogP contribution in [0.3, 0.4) is 0 Å². The van der Waals surface area contributed by atoms with Gasteiger partial charge in [-0.15, -0.1) is 0 Å². The summed E-state index contributed by atoms with van der Waals surface area (Å²) in [5.74, 6) is 0.944. The van der Waals surface area contributed by atoms with E-state index < -0.39 is 12.1 Å². The normalized spacial score (nSPS) is 18.0. The first-order valence-electron chi connectivity index (χ1n) is 15.8. The van der Waals surface area contributed by atoms with Crippen molar-refractivity contribution >= 4 is 5.97 Å². The second-order valence-electron chi connectivity index (χ2n) is 11.4. The van der Waals surface area contributed by atoms with Gasteiger partial charge < -0.3 is 9.47 Å². The number of carbonyl (C=O) groups excluding carboxylic acids is 1. The van der Waals surface area contributed by atoms with E-state index in [0.29, 0.717) is 5.92 Å². The number of aryl methyl sites for hydroxylation is 1. The Kier molecular flexibility index (Phi) is 14.4. The summed E-state index contributed by atoms with van der Waals surface area (Å²) >= 11 is 0. The fourth-order valence-electron chi connectivity index (χ4n) is 5.51. The fourth-order valence-corrected chi connectivity index (χ4v) is 5.51. The van der Waals surface area contributed by atoms with Gasteiger partial charge in [-0.2, -0.15) is 0 Å². The Hall–Kier alpha value is -2.36. The number of rotatable bonds is 18. The van der Waals surface area contributed by atoms with Crippen molar-refractivity contribution in [2.45, 2.75) is 129 Å². The van der Waals surface area contributed by atoms with Crippen LogP contribution in [0.1, 0.15) is 116 Å². The van der Waals surface area contributed by atoms with Gasteiger partial charge in [-0.05, 0) is 86.1 Å². The molecule has 0 radical (unpaired) electrons. The zero-order chi connectivity index (χ0) is 27.7. The number of benzene rings is 2. The molecule has 2 aromatic carbocycles. The quantitative estimate of drug-likeness (QED) is 0.140. The molecule has 0 amide bonds. The monoisotopic (exact) mass is 538 g/mol. The van der Waals surface area contributed by atoms with E-state index in [0.717, 1.165) is 70.1 Å². The molecule has 1 aliphatic carbocycles. The highest BCUT2D eigenvalue weighted by Crippen LogP contribution is 2.31. The molecule has 0 saturated heterocycles. The van der Waals surface area contributed by atoms with Crippen LogP contribution >= 0.6 is 0 Å². The van der Waals surface area contributed by atoms with Crippen molar-refractivity contribution in [3.8, 4) is 16.9 Å². The summed E-state index contributed by atoms with van der Waals surface area (Å²) in [5, 5.41) is 0. The van der Waals surface area contributed by atoms with E-state index in [9.17, 15) is 9.18 Å². The van der Waals surface area contributed by atoms with Gasteiger partial charge in [0.1, 0.15) is 11.9 Å². The van der Waals surface area contributed by atoms with Crippen molar-refractivity contribution in [1.29, 1.82) is 0 Å². The molecule has 2 aromatic rings. The molecule has 4 heteroatoms. The first-order chi connectivity index (χ1) is 19.1. The van der Waals surface area contributed by atoms with Crippen LogP contribution in [0, 0.1) is 5.92 Å². The number of ether oxygens (including phenoxy) is 2. The molecule has 0 spiro atoms. The molecule has 1 aliphatic rings. The summed E-state index contributed by atoms with van der Waals surface area (Å²) in [5.41, 5.74) is 3.80. The Morgan fingerprint density at radius 3 is 2.03 bits per heavy atom. The van der Waals surface area contributed by atoms with Gasteiger partial charge in [0.05, 0.1) is 6.61 Å². The number of hydrogen-bond acceptors (Lipinski definition) is 3. The van der Waals surface area contributed by atoms with Crippen LogP contribution in [0.25, 0.3) is 11.1 Å². The van der Waals surface area contributed by atoms with Gasteiger partial charge in [0.25, 0.3) is 0 Å². The highest BCUT2D eigenvalue weighted by atomic mass is 19.1. The van der Waals surface area contributed by atoms with Crippen molar-refractivity contribution in [3.63, 3.8) is 0 Å². The average Bonchev–Trinajstić information content (AvgIpc) is 2.97. The van der Waals surface area contributed by atoms with E-state index in [1.807, 2.05) is 6.92 Å². The third-order valence-corrected chi connectivity index (χ3v) is 8.14. The van der Waals surface area contributed by atoms with Gasteiger partial charge in [0.2, 0.25) is 0 Å². The maximum atomic E-state index is 13.9. The summed E-state index contributed by atoms with van der Waals surface area (Å²) in [4.78, 5) is 12.0. The third-order valence-electron chi connectivity index (χ3n) is 8.14. The van der Waals surface area contributed by atoms with E-state index in [1.165, 1.54) is 55.2 Å². The minimum Gasteiger partial charge on any atom is -0.494 e. The summed E-state index contributed by atoms with van der Waals surface area (Å²) in [6.45, 7) is 5.06. The predicted molar refractivity (Wildman–Crippen MR) is 160 cm³/mol. The van der Waals surface area contributed by atoms with Gasteiger partial charge in [0, 0.05) is 0 Å². The van der Waals surface area contributed by atoms with Gasteiger partial charge in [-0.25, -0.2) is 9.18 Å². The Morgan fingerprint density at radius 2 is 1.38 bits per heavy atom. The lowest BCUT2D eigenvalue weighted by Crippen LogP contribution is -2.29. The Labute approximate surface area is 236 Å².